The van der Waals surface area contributed by atoms with Gasteiger partial charge in [0.1, 0.15) is 0 Å². The molecule has 0 aliphatic rings. The molecule has 16 heavy (non-hydrogen) atoms. The van der Waals surface area contributed by atoms with Gasteiger partial charge in [-0.05, 0) is 26.0 Å². The third-order valence-corrected chi connectivity index (χ3v) is 2.50. The molecule has 0 fully saturated rings. The number of benzene rings is 1. The lowest BCUT2D eigenvalue weighted by Gasteiger charge is -2.16. The lowest BCUT2D eigenvalue weighted by molar-refractivity contribution is 0.894. The Balaban J connectivity index is 2.49. The largest absolute Gasteiger partial charge is 0.381 e. The van der Waals surface area contributed by atoms with E-state index in [1.165, 1.54) is 0 Å². The van der Waals surface area contributed by atoms with Crippen LogP contribution in [0, 0.1) is 0 Å². The molecule has 4 heteroatoms. The minimum atomic E-state index is 0.362. The molecule has 0 atom stereocenters. The number of imidazole rings is 1. The molecule has 0 bridgehead atoms. The fraction of sp³-hybridized carbons (Fsp3) is 0.250. The van der Waals surface area contributed by atoms with Crippen LogP contribution in [0.3, 0.4) is 0 Å². The van der Waals surface area contributed by atoms with Crippen LogP contribution in [0.4, 0.5) is 5.69 Å². The minimum Gasteiger partial charge on any atom is -0.381 e. The van der Waals surface area contributed by atoms with Crippen LogP contribution in [0.1, 0.15) is 13.8 Å². The van der Waals surface area contributed by atoms with Crippen molar-refractivity contribution < 1.29 is 0 Å². The summed E-state index contributed by atoms with van der Waals surface area (Å²) in [6.45, 7) is 4.19. The predicted molar refractivity (Wildman–Crippen MR) is 67.3 cm³/mol. The fourth-order valence-electron chi connectivity index (χ4n) is 1.60. The van der Waals surface area contributed by atoms with Gasteiger partial charge in [-0.2, -0.15) is 0 Å². The van der Waals surface area contributed by atoms with Crippen molar-refractivity contribution >= 4 is 17.3 Å². The van der Waals surface area contributed by atoms with E-state index in [0.717, 1.165) is 11.4 Å². The zero-order valence-corrected chi connectivity index (χ0v) is 10.1. The van der Waals surface area contributed by atoms with Gasteiger partial charge in [0.15, 0.2) is 0 Å². The van der Waals surface area contributed by atoms with Crippen LogP contribution in [-0.2, 0) is 0 Å². The molecule has 0 amide bonds. The van der Waals surface area contributed by atoms with Crippen LogP contribution in [0.15, 0.2) is 36.9 Å². The third-order valence-electron chi connectivity index (χ3n) is 2.19. The highest BCUT2D eigenvalue weighted by Crippen LogP contribution is 2.28. The van der Waals surface area contributed by atoms with Gasteiger partial charge in [-0.25, -0.2) is 4.98 Å². The summed E-state index contributed by atoms with van der Waals surface area (Å²) in [4.78, 5) is 4.04. The molecule has 0 aliphatic carbocycles. The van der Waals surface area contributed by atoms with E-state index in [2.05, 4.69) is 24.1 Å². The molecule has 0 saturated heterocycles. The first kappa shape index (κ1) is 11.0. The van der Waals surface area contributed by atoms with E-state index < -0.39 is 0 Å². The average Bonchev–Trinajstić information content (AvgIpc) is 2.69. The number of hydrogen-bond acceptors (Lipinski definition) is 2. The van der Waals surface area contributed by atoms with Crippen LogP contribution in [0.25, 0.3) is 5.69 Å². The van der Waals surface area contributed by atoms with Crippen molar-refractivity contribution in [2.45, 2.75) is 19.9 Å². The van der Waals surface area contributed by atoms with Gasteiger partial charge in [0, 0.05) is 18.4 Å². The lowest BCUT2D eigenvalue weighted by atomic mass is 10.2. The maximum atomic E-state index is 6.22. The number of para-hydroxylation sites is 1. The van der Waals surface area contributed by atoms with Gasteiger partial charge in [0.05, 0.1) is 22.7 Å². The zero-order valence-electron chi connectivity index (χ0n) is 9.31. The first-order valence-electron chi connectivity index (χ1n) is 5.22. The Morgan fingerprint density at radius 3 is 2.81 bits per heavy atom. The van der Waals surface area contributed by atoms with Gasteiger partial charge in [-0.1, -0.05) is 17.7 Å². The van der Waals surface area contributed by atoms with E-state index in [0.29, 0.717) is 11.1 Å². The van der Waals surface area contributed by atoms with Crippen molar-refractivity contribution in [3.05, 3.63) is 41.9 Å². The predicted octanol–water partition coefficient (Wildman–Crippen LogP) is 3.35. The number of nitrogens with zero attached hydrogens (tertiary/aromatic N) is 2. The number of hydrogen-bond donors (Lipinski definition) is 1. The fourth-order valence-corrected chi connectivity index (χ4v) is 1.87. The summed E-state index contributed by atoms with van der Waals surface area (Å²) < 4.78 is 1.91. The van der Waals surface area contributed by atoms with Gasteiger partial charge >= 0.3 is 0 Å². The van der Waals surface area contributed by atoms with E-state index in [4.69, 9.17) is 11.6 Å². The molecule has 0 saturated carbocycles. The monoisotopic (exact) mass is 235 g/mol. The quantitative estimate of drug-likeness (QED) is 0.884. The molecule has 3 nitrogen and oxygen atoms in total. The number of anilines is 1. The third kappa shape index (κ3) is 2.19. The number of rotatable bonds is 3. The highest BCUT2D eigenvalue weighted by atomic mass is 35.5. The van der Waals surface area contributed by atoms with E-state index in [1.807, 2.05) is 29.0 Å². The smallest absolute Gasteiger partial charge is 0.0992 e. The molecule has 0 radical (unpaired) electrons. The second kappa shape index (κ2) is 4.58. The maximum absolute atomic E-state index is 6.22. The summed E-state index contributed by atoms with van der Waals surface area (Å²) in [7, 11) is 0. The van der Waals surface area contributed by atoms with Crippen molar-refractivity contribution in [3.8, 4) is 5.69 Å². The van der Waals surface area contributed by atoms with Gasteiger partial charge in [-0.15, -0.1) is 0 Å². The summed E-state index contributed by atoms with van der Waals surface area (Å²) in [5.41, 5.74) is 1.95. The molecule has 1 aromatic heterocycles. The van der Waals surface area contributed by atoms with Crippen molar-refractivity contribution in [3.63, 3.8) is 0 Å². The van der Waals surface area contributed by atoms with E-state index in [-0.39, 0.29) is 0 Å². The van der Waals surface area contributed by atoms with Gasteiger partial charge < -0.3 is 9.88 Å². The number of aromatic nitrogens is 2. The first-order valence-corrected chi connectivity index (χ1v) is 5.59. The van der Waals surface area contributed by atoms with Crippen LogP contribution < -0.4 is 5.32 Å². The van der Waals surface area contributed by atoms with Gasteiger partial charge in [-0.3, -0.25) is 0 Å². The zero-order chi connectivity index (χ0) is 11.5. The summed E-state index contributed by atoms with van der Waals surface area (Å²) in [6, 6.07) is 6.19. The second-order valence-electron chi connectivity index (χ2n) is 3.90. The summed E-state index contributed by atoms with van der Waals surface area (Å²) >= 11 is 6.22. The molecule has 0 aliphatic heterocycles. The number of nitrogens with one attached hydrogen (secondary N) is 1. The van der Waals surface area contributed by atoms with E-state index in [1.54, 1.807) is 12.5 Å². The summed E-state index contributed by atoms with van der Waals surface area (Å²) in [5.74, 6) is 0. The Bertz CT molecular complexity index is 463. The Morgan fingerprint density at radius 2 is 2.19 bits per heavy atom. The van der Waals surface area contributed by atoms with Crippen LogP contribution in [-0.4, -0.2) is 15.6 Å². The van der Waals surface area contributed by atoms with E-state index in [9.17, 15) is 0 Å². The molecule has 1 aromatic carbocycles. The molecule has 1 N–H and O–H groups in total. The summed E-state index contributed by atoms with van der Waals surface area (Å²) in [6.07, 6.45) is 5.36. The molecule has 1 heterocycles. The SMILES string of the molecule is CC(C)Nc1cccc(Cl)c1-n1ccnc1. The van der Waals surface area contributed by atoms with Gasteiger partial charge in [0.2, 0.25) is 0 Å². The van der Waals surface area contributed by atoms with Crippen molar-refractivity contribution in [1.29, 1.82) is 0 Å². The molecule has 2 aromatic rings. The van der Waals surface area contributed by atoms with Crippen molar-refractivity contribution in [2.75, 3.05) is 5.32 Å². The van der Waals surface area contributed by atoms with Gasteiger partial charge in [0.25, 0.3) is 0 Å². The lowest BCUT2D eigenvalue weighted by Crippen LogP contribution is -2.12. The normalized spacial score (nSPS) is 10.8. The van der Waals surface area contributed by atoms with Crippen molar-refractivity contribution in [2.24, 2.45) is 0 Å². The van der Waals surface area contributed by atoms with Crippen molar-refractivity contribution in [1.82, 2.24) is 9.55 Å². The molecule has 0 unspecified atom stereocenters. The Hall–Kier alpha value is -1.48. The van der Waals surface area contributed by atoms with Crippen LogP contribution in [0.5, 0.6) is 0 Å². The number of halogens is 1. The van der Waals surface area contributed by atoms with Crippen LogP contribution >= 0.6 is 11.6 Å². The maximum Gasteiger partial charge on any atom is 0.0992 e. The average molecular weight is 236 g/mol. The Labute approximate surface area is 100 Å². The van der Waals surface area contributed by atoms with Crippen LogP contribution in [0.2, 0.25) is 5.02 Å². The Morgan fingerprint density at radius 1 is 1.38 bits per heavy atom. The molecule has 84 valence electrons. The molecule has 0 spiro atoms. The summed E-state index contributed by atoms with van der Waals surface area (Å²) in [5, 5.41) is 4.08. The molecule has 2 rings (SSSR count). The first-order chi connectivity index (χ1) is 7.68. The highest BCUT2D eigenvalue weighted by molar-refractivity contribution is 6.33. The van der Waals surface area contributed by atoms with E-state index >= 15 is 0 Å². The minimum absolute atomic E-state index is 0.362. The highest BCUT2D eigenvalue weighted by Gasteiger charge is 2.09. The Kier molecular flexibility index (Phi) is 3.15. The molecular weight excluding hydrogens is 222 g/mol. The molecular formula is C12H14ClN3. The topological polar surface area (TPSA) is 29.9 Å². The standard InChI is InChI=1S/C12H14ClN3/c1-9(2)15-11-5-3-4-10(13)12(11)16-7-6-14-8-16/h3-9,15H,1-2H3. The second-order valence-corrected chi connectivity index (χ2v) is 4.31.